The smallest absolute Gasteiger partial charge is 0.251 e. The van der Waals surface area contributed by atoms with E-state index in [1.807, 2.05) is 31.4 Å². The van der Waals surface area contributed by atoms with Crippen LogP contribution in [0.25, 0.3) is 6.08 Å². The van der Waals surface area contributed by atoms with Crippen molar-refractivity contribution in [2.75, 3.05) is 6.54 Å². The summed E-state index contributed by atoms with van der Waals surface area (Å²) in [5, 5.41) is 26.6. The molecule has 0 bridgehead atoms. The highest BCUT2D eigenvalue weighted by Crippen LogP contribution is 2.10. The van der Waals surface area contributed by atoms with Crippen LogP contribution in [0.2, 0.25) is 0 Å². The number of carbonyl (C=O) groups excluding carboxylic acids is 2. The molecule has 0 spiro atoms. The maximum Gasteiger partial charge on any atom is 0.251 e. The predicted octanol–water partition coefficient (Wildman–Crippen LogP) is 1.66. The molecule has 1 rings (SSSR count). The molecule has 0 saturated heterocycles. The van der Waals surface area contributed by atoms with Crippen molar-refractivity contribution >= 4 is 35.2 Å². The van der Waals surface area contributed by atoms with Crippen molar-refractivity contribution in [2.24, 2.45) is 5.92 Å². The zero-order chi connectivity index (χ0) is 21.6. The molecule has 0 aliphatic rings. The van der Waals surface area contributed by atoms with E-state index in [-0.39, 0.29) is 12.5 Å². The van der Waals surface area contributed by atoms with Crippen molar-refractivity contribution in [3.63, 3.8) is 0 Å². The Morgan fingerprint density at radius 1 is 1.38 bits per heavy atom. The highest BCUT2D eigenvalue weighted by atomic mass is 32.1. The fourth-order valence-electron chi connectivity index (χ4n) is 2.18. The molecule has 1 radical (unpaired) electrons. The van der Waals surface area contributed by atoms with E-state index in [1.165, 1.54) is 17.4 Å². The van der Waals surface area contributed by atoms with Gasteiger partial charge in [-0.05, 0) is 42.7 Å². The lowest BCUT2D eigenvalue weighted by molar-refractivity contribution is -0.525. The van der Waals surface area contributed by atoms with Gasteiger partial charge in [-0.3, -0.25) is 15.0 Å². The first-order valence-electron chi connectivity index (χ1n) is 9.15. The third kappa shape index (κ3) is 11.5. The van der Waals surface area contributed by atoms with Crippen molar-refractivity contribution in [1.82, 2.24) is 21.4 Å². The van der Waals surface area contributed by atoms with Crippen LogP contribution in [0.1, 0.15) is 38.0 Å². The third-order valence-electron chi connectivity index (χ3n) is 3.58. The van der Waals surface area contributed by atoms with Gasteiger partial charge < -0.3 is 16.0 Å². The number of guanidine groups is 1. The number of nitro groups is 1. The van der Waals surface area contributed by atoms with E-state index in [4.69, 9.17) is 5.41 Å². The zero-order valence-electron chi connectivity index (χ0n) is 16.4. The summed E-state index contributed by atoms with van der Waals surface area (Å²) in [6.45, 7) is 5.95. The number of hydrazine groups is 1. The van der Waals surface area contributed by atoms with Crippen LogP contribution >= 0.6 is 11.3 Å². The SMILES string of the molecule is CC(C)C[CH]NC(=O)[C@H](CCCNC(=N)N[N+](=O)[O-])NC(=O)C=Cc1cccs1. The van der Waals surface area contributed by atoms with E-state index in [0.29, 0.717) is 25.2 Å². The number of hydrogen-bond acceptors (Lipinski definition) is 6. The van der Waals surface area contributed by atoms with Crippen LogP contribution in [0.3, 0.4) is 0 Å². The standard InChI is InChI=1S/C18H27N6O4S/c1-13(2)9-11-20-17(26)15(6-3-10-21-18(19)23-24(27)28)22-16(25)8-7-14-5-4-12-29-14/h4-5,7-8,11-13,15H,3,6,9-10H2,1-2H3,(H,20,26)(H,22,25)(H3,19,21,23)/t15-/m0/s1. The van der Waals surface area contributed by atoms with Crippen LogP contribution in [0, 0.1) is 28.0 Å². The van der Waals surface area contributed by atoms with E-state index >= 15 is 0 Å². The molecule has 10 nitrogen and oxygen atoms in total. The van der Waals surface area contributed by atoms with Gasteiger partial charge in [0.15, 0.2) is 5.03 Å². The molecule has 0 fully saturated rings. The van der Waals surface area contributed by atoms with Crippen LogP contribution in [0.5, 0.6) is 0 Å². The number of rotatable bonds is 12. The van der Waals surface area contributed by atoms with Gasteiger partial charge in [0.1, 0.15) is 6.04 Å². The number of carbonyl (C=O) groups is 2. The van der Waals surface area contributed by atoms with Gasteiger partial charge >= 0.3 is 0 Å². The van der Waals surface area contributed by atoms with Gasteiger partial charge in [0.2, 0.25) is 11.8 Å². The van der Waals surface area contributed by atoms with E-state index in [9.17, 15) is 19.7 Å². The first kappa shape index (κ1) is 24.1. The average Bonchev–Trinajstić information content (AvgIpc) is 3.15. The summed E-state index contributed by atoms with van der Waals surface area (Å²) in [4.78, 5) is 35.8. The van der Waals surface area contributed by atoms with Gasteiger partial charge in [-0.25, -0.2) is 10.1 Å². The molecule has 0 saturated carbocycles. The summed E-state index contributed by atoms with van der Waals surface area (Å²) < 4.78 is 0. The van der Waals surface area contributed by atoms with Crippen molar-refractivity contribution in [3.05, 3.63) is 45.1 Å². The van der Waals surface area contributed by atoms with Crippen LogP contribution in [-0.2, 0) is 9.59 Å². The fraction of sp³-hybridized carbons (Fsp3) is 0.444. The second-order valence-corrected chi connectivity index (χ2v) is 7.54. The summed E-state index contributed by atoms with van der Waals surface area (Å²) in [5.41, 5.74) is 1.69. The first-order chi connectivity index (χ1) is 13.8. The Labute approximate surface area is 173 Å². The van der Waals surface area contributed by atoms with E-state index in [1.54, 1.807) is 18.0 Å². The average molecular weight is 424 g/mol. The molecule has 0 aliphatic carbocycles. The van der Waals surface area contributed by atoms with Gasteiger partial charge in [0, 0.05) is 24.0 Å². The highest BCUT2D eigenvalue weighted by Gasteiger charge is 2.19. The predicted molar refractivity (Wildman–Crippen MR) is 112 cm³/mol. The maximum atomic E-state index is 12.4. The fourth-order valence-corrected chi connectivity index (χ4v) is 2.80. The summed E-state index contributed by atoms with van der Waals surface area (Å²) >= 11 is 1.49. The molecule has 29 heavy (non-hydrogen) atoms. The van der Waals surface area contributed by atoms with Gasteiger partial charge in [0.25, 0.3) is 5.96 Å². The largest absolute Gasteiger partial charge is 0.352 e. The molecule has 1 aromatic heterocycles. The second kappa shape index (κ2) is 13.3. The summed E-state index contributed by atoms with van der Waals surface area (Å²) in [7, 11) is 0. The van der Waals surface area contributed by atoms with Gasteiger partial charge in [-0.2, -0.15) is 0 Å². The molecular weight excluding hydrogens is 396 g/mol. The van der Waals surface area contributed by atoms with Crippen molar-refractivity contribution < 1.29 is 14.6 Å². The molecule has 1 atom stereocenters. The molecule has 159 valence electrons. The minimum atomic E-state index is -0.837. The van der Waals surface area contributed by atoms with E-state index in [2.05, 4.69) is 16.0 Å². The number of amides is 2. The quantitative estimate of drug-likeness (QED) is 0.0862. The number of nitrogens with zero attached hydrogens (tertiary/aromatic N) is 1. The Hall–Kier alpha value is -2.95. The Morgan fingerprint density at radius 3 is 2.76 bits per heavy atom. The zero-order valence-corrected chi connectivity index (χ0v) is 17.3. The minimum Gasteiger partial charge on any atom is -0.352 e. The van der Waals surface area contributed by atoms with Crippen LogP contribution < -0.4 is 21.4 Å². The van der Waals surface area contributed by atoms with E-state index < -0.39 is 22.9 Å². The number of thiophene rings is 1. The minimum absolute atomic E-state index is 0.236. The van der Waals surface area contributed by atoms with Crippen LogP contribution in [0.4, 0.5) is 0 Å². The molecule has 0 unspecified atom stereocenters. The molecule has 1 aromatic rings. The normalized spacial score (nSPS) is 11.8. The second-order valence-electron chi connectivity index (χ2n) is 6.57. The lowest BCUT2D eigenvalue weighted by atomic mass is 10.1. The number of nitrogens with one attached hydrogen (secondary N) is 5. The van der Waals surface area contributed by atoms with Gasteiger partial charge in [-0.15, -0.1) is 11.3 Å². The Kier molecular flexibility index (Phi) is 11.0. The molecule has 1 heterocycles. The molecule has 2 amide bonds. The lowest BCUT2D eigenvalue weighted by Crippen LogP contribution is -2.46. The third-order valence-corrected chi connectivity index (χ3v) is 4.42. The maximum absolute atomic E-state index is 12.4. The Balaban J connectivity index is 2.55. The molecule has 11 heteroatoms. The first-order valence-corrected chi connectivity index (χ1v) is 10.0. The monoisotopic (exact) mass is 423 g/mol. The van der Waals surface area contributed by atoms with Crippen molar-refractivity contribution in [1.29, 1.82) is 5.41 Å². The van der Waals surface area contributed by atoms with Gasteiger partial charge in [-0.1, -0.05) is 25.3 Å². The topological polar surface area (TPSA) is 149 Å². The van der Waals surface area contributed by atoms with Crippen LogP contribution in [-0.4, -0.2) is 35.4 Å². The van der Waals surface area contributed by atoms with Crippen molar-refractivity contribution in [3.8, 4) is 0 Å². The Morgan fingerprint density at radius 2 is 2.14 bits per heavy atom. The van der Waals surface area contributed by atoms with Gasteiger partial charge in [0.05, 0.1) is 0 Å². The number of hydrogen-bond donors (Lipinski definition) is 5. The van der Waals surface area contributed by atoms with E-state index in [0.717, 1.165) is 4.88 Å². The summed E-state index contributed by atoms with van der Waals surface area (Å²) in [6, 6.07) is 2.99. The van der Waals surface area contributed by atoms with Crippen LogP contribution in [0.15, 0.2) is 23.6 Å². The lowest BCUT2D eigenvalue weighted by Gasteiger charge is -2.18. The summed E-state index contributed by atoms with van der Waals surface area (Å²) in [6.07, 6.45) is 4.47. The van der Waals surface area contributed by atoms with Crippen molar-refractivity contribution in [2.45, 2.75) is 39.2 Å². The Bertz CT molecular complexity index is 705. The molecule has 0 aromatic carbocycles. The molecular formula is C18H27N6O4S. The molecule has 0 aliphatic heterocycles. The molecule has 5 N–H and O–H groups in total. The summed E-state index contributed by atoms with van der Waals surface area (Å²) in [5.74, 6) is -0.772. The highest BCUT2D eigenvalue weighted by molar-refractivity contribution is 7.10.